The van der Waals surface area contributed by atoms with Crippen LogP contribution in [0.4, 0.5) is 0 Å². The Morgan fingerprint density at radius 1 is 1.00 bits per heavy atom. The minimum atomic E-state index is 0.996. The molecule has 3 heteroatoms. The average molecular weight is 161 g/mol. The van der Waals surface area contributed by atoms with Gasteiger partial charge in [-0.25, -0.2) is 0 Å². The first kappa shape index (κ1) is 7.28. The molecule has 12 heavy (non-hydrogen) atoms. The van der Waals surface area contributed by atoms with Gasteiger partial charge < -0.3 is 4.57 Å². The van der Waals surface area contributed by atoms with E-state index in [1.807, 2.05) is 25.5 Å². The molecule has 0 aliphatic carbocycles. The average Bonchev–Trinajstić information content (AvgIpc) is 2.41. The lowest BCUT2D eigenvalue weighted by Crippen LogP contribution is -1.89. The molecule has 0 unspecified atom stereocenters. The minimum Gasteiger partial charge on any atom is -0.356 e. The fraction of sp³-hybridized carbons (Fsp3) is 0.333. The molecule has 0 aliphatic heterocycles. The highest BCUT2D eigenvalue weighted by molar-refractivity contribution is 5.85. The summed E-state index contributed by atoms with van der Waals surface area (Å²) in [7, 11) is 2.01. The lowest BCUT2D eigenvalue weighted by atomic mass is 10.2. The molecule has 0 spiro atoms. The highest BCUT2D eigenvalue weighted by Gasteiger charge is 2.04. The Morgan fingerprint density at radius 2 is 1.42 bits per heavy atom. The Balaban J connectivity index is 2.93. The molecule has 0 fully saturated rings. The van der Waals surface area contributed by atoms with Crippen LogP contribution in [0, 0.1) is 13.8 Å². The first-order chi connectivity index (χ1) is 5.68. The van der Waals surface area contributed by atoms with Crippen molar-refractivity contribution in [1.29, 1.82) is 0 Å². The minimum absolute atomic E-state index is 0.996. The quantitative estimate of drug-likeness (QED) is 0.587. The van der Waals surface area contributed by atoms with E-state index in [-0.39, 0.29) is 0 Å². The van der Waals surface area contributed by atoms with Gasteiger partial charge in [0.1, 0.15) is 0 Å². The van der Waals surface area contributed by atoms with Gasteiger partial charge in [-0.2, -0.15) is 10.2 Å². The van der Waals surface area contributed by atoms with Gasteiger partial charge >= 0.3 is 0 Å². The van der Waals surface area contributed by atoms with Crippen LogP contribution in [0.15, 0.2) is 12.4 Å². The van der Waals surface area contributed by atoms with E-state index >= 15 is 0 Å². The van der Waals surface area contributed by atoms with Crippen LogP contribution < -0.4 is 0 Å². The third-order valence-corrected chi connectivity index (χ3v) is 2.09. The summed E-state index contributed by atoms with van der Waals surface area (Å²) in [5, 5.41) is 10.5. The summed E-state index contributed by atoms with van der Waals surface area (Å²) in [6.07, 6.45) is 4.15. The van der Waals surface area contributed by atoms with Crippen LogP contribution in [0.2, 0.25) is 0 Å². The number of fused-ring (bicyclic) bond motifs is 1. The molecule has 0 bridgehead atoms. The van der Waals surface area contributed by atoms with Gasteiger partial charge in [-0.15, -0.1) is 0 Å². The van der Waals surface area contributed by atoms with E-state index in [0.29, 0.717) is 0 Å². The standard InChI is InChI=1S/C9H11N3/c1-6-8-4-12(3)5-9(8)7(2)11-10-6/h4-5H,1-3H3. The third-order valence-electron chi connectivity index (χ3n) is 2.09. The summed E-state index contributed by atoms with van der Waals surface area (Å²) in [4.78, 5) is 0. The normalized spacial score (nSPS) is 10.9. The van der Waals surface area contributed by atoms with Crippen LogP contribution in [0.5, 0.6) is 0 Å². The molecule has 0 N–H and O–H groups in total. The Hall–Kier alpha value is -1.38. The van der Waals surface area contributed by atoms with Crippen molar-refractivity contribution in [2.45, 2.75) is 13.8 Å². The molecule has 2 heterocycles. The fourth-order valence-corrected chi connectivity index (χ4v) is 1.42. The van der Waals surface area contributed by atoms with Crippen LogP contribution in [-0.4, -0.2) is 14.8 Å². The van der Waals surface area contributed by atoms with E-state index in [9.17, 15) is 0 Å². The Morgan fingerprint density at radius 3 is 1.83 bits per heavy atom. The van der Waals surface area contributed by atoms with Crippen LogP contribution in [-0.2, 0) is 7.05 Å². The van der Waals surface area contributed by atoms with Gasteiger partial charge in [0.25, 0.3) is 0 Å². The van der Waals surface area contributed by atoms with E-state index in [0.717, 1.165) is 11.4 Å². The first-order valence-electron chi connectivity index (χ1n) is 3.94. The van der Waals surface area contributed by atoms with Crippen LogP contribution in [0.1, 0.15) is 11.4 Å². The SMILES string of the molecule is Cc1nnc(C)c2cn(C)cc12. The maximum Gasteiger partial charge on any atom is 0.0693 e. The van der Waals surface area contributed by atoms with Crippen LogP contribution >= 0.6 is 0 Å². The molecule has 0 saturated carbocycles. The summed E-state index contributed by atoms with van der Waals surface area (Å²) >= 11 is 0. The number of rotatable bonds is 0. The molecule has 62 valence electrons. The zero-order chi connectivity index (χ0) is 8.72. The topological polar surface area (TPSA) is 30.7 Å². The number of aromatic nitrogens is 3. The highest BCUT2D eigenvalue weighted by Crippen LogP contribution is 2.18. The van der Waals surface area contributed by atoms with Crippen LogP contribution in [0.3, 0.4) is 0 Å². The summed E-state index contributed by atoms with van der Waals surface area (Å²) in [6, 6.07) is 0. The van der Waals surface area contributed by atoms with Crippen molar-refractivity contribution in [3.63, 3.8) is 0 Å². The number of aryl methyl sites for hydroxylation is 3. The number of nitrogens with zero attached hydrogens (tertiary/aromatic N) is 3. The lowest BCUT2D eigenvalue weighted by Gasteiger charge is -1.95. The predicted octanol–water partition coefficient (Wildman–Crippen LogP) is 1.59. The summed E-state index contributed by atoms with van der Waals surface area (Å²) in [5.74, 6) is 0. The Labute approximate surface area is 71.0 Å². The lowest BCUT2D eigenvalue weighted by molar-refractivity contribution is 0.933. The number of hydrogen-bond acceptors (Lipinski definition) is 2. The first-order valence-corrected chi connectivity index (χ1v) is 3.94. The molecule has 2 aromatic heterocycles. The molecule has 0 atom stereocenters. The van der Waals surface area contributed by atoms with E-state index in [1.54, 1.807) is 0 Å². The summed E-state index contributed by atoms with van der Waals surface area (Å²) < 4.78 is 2.04. The molecule has 2 rings (SSSR count). The summed E-state index contributed by atoms with van der Waals surface area (Å²) in [6.45, 7) is 3.96. The van der Waals surface area contributed by atoms with Crippen molar-refractivity contribution in [3.05, 3.63) is 23.8 Å². The molecular weight excluding hydrogens is 150 g/mol. The van der Waals surface area contributed by atoms with Gasteiger partial charge in [0.15, 0.2) is 0 Å². The largest absolute Gasteiger partial charge is 0.356 e. The summed E-state index contributed by atoms with van der Waals surface area (Å²) in [5.41, 5.74) is 1.99. The van der Waals surface area contributed by atoms with E-state index in [4.69, 9.17) is 0 Å². The molecule has 0 saturated heterocycles. The van der Waals surface area contributed by atoms with Gasteiger partial charge in [0.2, 0.25) is 0 Å². The van der Waals surface area contributed by atoms with Crippen molar-refractivity contribution < 1.29 is 0 Å². The number of hydrogen-bond donors (Lipinski definition) is 0. The third kappa shape index (κ3) is 0.897. The van der Waals surface area contributed by atoms with E-state index in [1.165, 1.54) is 10.8 Å². The zero-order valence-corrected chi connectivity index (χ0v) is 7.50. The predicted molar refractivity (Wildman–Crippen MR) is 48.0 cm³/mol. The molecule has 0 aliphatic rings. The molecule has 0 radical (unpaired) electrons. The maximum atomic E-state index is 4.06. The van der Waals surface area contributed by atoms with Crippen molar-refractivity contribution >= 4 is 10.8 Å². The molecule has 3 nitrogen and oxygen atoms in total. The van der Waals surface area contributed by atoms with Crippen molar-refractivity contribution in [2.75, 3.05) is 0 Å². The Bertz CT molecular complexity index is 390. The highest BCUT2D eigenvalue weighted by atomic mass is 15.1. The van der Waals surface area contributed by atoms with Crippen molar-refractivity contribution in [3.8, 4) is 0 Å². The van der Waals surface area contributed by atoms with E-state index < -0.39 is 0 Å². The van der Waals surface area contributed by atoms with Crippen LogP contribution in [0.25, 0.3) is 10.8 Å². The zero-order valence-electron chi connectivity index (χ0n) is 7.50. The monoisotopic (exact) mass is 161 g/mol. The van der Waals surface area contributed by atoms with Gasteiger partial charge in [0, 0.05) is 30.2 Å². The second-order valence-electron chi connectivity index (χ2n) is 3.12. The molecular formula is C9H11N3. The smallest absolute Gasteiger partial charge is 0.0693 e. The molecule has 0 aromatic carbocycles. The van der Waals surface area contributed by atoms with Gasteiger partial charge in [0.05, 0.1) is 11.4 Å². The second-order valence-corrected chi connectivity index (χ2v) is 3.12. The van der Waals surface area contributed by atoms with Gasteiger partial charge in [-0.05, 0) is 13.8 Å². The molecule has 2 aromatic rings. The van der Waals surface area contributed by atoms with E-state index in [2.05, 4.69) is 22.6 Å². The van der Waals surface area contributed by atoms with Crippen molar-refractivity contribution in [2.24, 2.45) is 7.05 Å². The second kappa shape index (κ2) is 2.30. The molecule has 0 amide bonds. The fourth-order valence-electron chi connectivity index (χ4n) is 1.42. The maximum absolute atomic E-state index is 4.06. The van der Waals surface area contributed by atoms with Crippen molar-refractivity contribution in [1.82, 2.24) is 14.8 Å². The Kier molecular flexibility index (Phi) is 1.40. The van der Waals surface area contributed by atoms with Gasteiger partial charge in [-0.3, -0.25) is 0 Å². The van der Waals surface area contributed by atoms with Gasteiger partial charge in [-0.1, -0.05) is 0 Å².